The third-order valence-corrected chi connectivity index (χ3v) is 4.71. The van der Waals surface area contributed by atoms with Crippen LogP contribution in [0.3, 0.4) is 0 Å². The molecule has 1 aliphatic heterocycles. The summed E-state index contributed by atoms with van der Waals surface area (Å²) in [6.07, 6.45) is 0.957. The molecule has 0 spiro atoms. The molecule has 1 aromatic carbocycles. The van der Waals surface area contributed by atoms with Gasteiger partial charge in [-0.2, -0.15) is 0 Å². The summed E-state index contributed by atoms with van der Waals surface area (Å²) in [6, 6.07) is 1.75. The van der Waals surface area contributed by atoms with Gasteiger partial charge in [0, 0.05) is 35.2 Å². The highest BCUT2D eigenvalue weighted by molar-refractivity contribution is 7.11. The standard InChI is InChI=1S/C16H15F3N4OS/c1-8-7-16(18,19)12(23-13(8)20)10-6-9(2-3-11(10)17)22-14(24)15-21-4-5-25-15/h2-6,8,12H,7H2,1H3,(H2,20,23)(H,22,24). The van der Waals surface area contributed by atoms with Crippen molar-refractivity contribution in [2.45, 2.75) is 25.3 Å². The number of hydrogen-bond acceptors (Lipinski definition) is 5. The van der Waals surface area contributed by atoms with E-state index in [1.807, 2.05) is 0 Å². The molecule has 2 unspecified atom stereocenters. The second-order valence-electron chi connectivity index (χ2n) is 5.85. The maximum absolute atomic E-state index is 14.4. The molecule has 0 aliphatic carbocycles. The molecule has 9 heteroatoms. The Morgan fingerprint density at radius 1 is 1.44 bits per heavy atom. The van der Waals surface area contributed by atoms with Gasteiger partial charge in [0.15, 0.2) is 5.01 Å². The SMILES string of the molecule is CC1CC(F)(F)C(c2cc(NC(=O)c3nccs3)ccc2F)N=C1N. The third kappa shape index (κ3) is 3.51. The number of amidine groups is 1. The summed E-state index contributed by atoms with van der Waals surface area (Å²) in [6.45, 7) is 1.55. The number of aromatic nitrogens is 1. The predicted molar refractivity (Wildman–Crippen MR) is 89.6 cm³/mol. The Morgan fingerprint density at radius 2 is 2.20 bits per heavy atom. The molecule has 0 bridgehead atoms. The molecule has 0 radical (unpaired) electrons. The van der Waals surface area contributed by atoms with E-state index in [9.17, 15) is 18.0 Å². The van der Waals surface area contributed by atoms with E-state index in [0.717, 1.165) is 23.5 Å². The lowest BCUT2D eigenvalue weighted by Gasteiger charge is -2.32. The van der Waals surface area contributed by atoms with E-state index >= 15 is 0 Å². The summed E-state index contributed by atoms with van der Waals surface area (Å²) in [7, 11) is 0. The van der Waals surface area contributed by atoms with Gasteiger partial charge in [0.25, 0.3) is 11.8 Å². The lowest BCUT2D eigenvalue weighted by molar-refractivity contribution is -0.0462. The number of aliphatic imine (C=N–C) groups is 1. The number of thiazole rings is 1. The number of halogens is 3. The zero-order valence-corrected chi connectivity index (χ0v) is 14.0. The molecule has 1 amide bonds. The van der Waals surface area contributed by atoms with Crippen LogP contribution in [0.15, 0.2) is 34.8 Å². The van der Waals surface area contributed by atoms with Crippen LogP contribution in [-0.4, -0.2) is 22.6 Å². The minimum absolute atomic E-state index is 0.0625. The van der Waals surface area contributed by atoms with E-state index in [2.05, 4.69) is 15.3 Å². The van der Waals surface area contributed by atoms with Crippen molar-refractivity contribution in [1.29, 1.82) is 0 Å². The molecule has 0 saturated heterocycles. The van der Waals surface area contributed by atoms with Gasteiger partial charge in [0.05, 0.1) is 5.84 Å². The minimum atomic E-state index is -3.24. The van der Waals surface area contributed by atoms with Crippen molar-refractivity contribution in [2.75, 3.05) is 5.32 Å². The Balaban J connectivity index is 1.93. The summed E-state index contributed by atoms with van der Waals surface area (Å²) in [5.74, 6) is -5.08. The first kappa shape index (κ1) is 17.4. The highest BCUT2D eigenvalue weighted by Gasteiger charge is 2.46. The van der Waals surface area contributed by atoms with E-state index in [4.69, 9.17) is 5.73 Å². The maximum Gasteiger partial charge on any atom is 0.284 e. The predicted octanol–water partition coefficient (Wildman–Crippen LogP) is 3.61. The van der Waals surface area contributed by atoms with Crippen molar-refractivity contribution >= 4 is 28.8 Å². The Hall–Kier alpha value is -2.42. The van der Waals surface area contributed by atoms with Gasteiger partial charge in [-0.05, 0) is 18.2 Å². The largest absolute Gasteiger partial charge is 0.387 e. The molecule has 2 aromatic rings. The van der Waals surface area contributed by atoms with Gasteiger partial charge in [-0.3, -0.25) is 9.79 Å². The van der Waals surface area contributed by atoms with Gasteiger partial charge in [-0.15, -0.1) is 11.3 Å². The minimum Gasteiger partial charge on any atom is -0.387 e. The topological polar surface area (TPSA) is 80.4 Å². The lowest BCUT2D eigenvalue weighted by atomic mass is 9.89. The lowest BCUT2D eigenvalue weighted by Crippen LogP contribution is -2.39. The number of nitrogens with one attached hydrogen (secondary N) is 1. The molecule has 1 aromatic heterocycles. The number of carbonyl (C=O) groups excluding carboxylic acids is 1. The molecular formula is C16H15F3N4OS. The van der Waals surface area contributed by atoms with Gasteiger partial charge >= 0.3 is 0 Å². The fraction of sp³-hybridized carbons (Fsp3) is 0.312. The number of carbonyl (C=O) groups is 1. The zero-order chi connectivity index (χ0) is 18.2. The van der Waals surface area contributed by atoms with Crippen LogP contribution in [-0.2, 0) is 0 Å². The molecule has 0 fully saturated rings. The molecule has 1 aliphatic rings. The van der Waals surface area contributed by atoms with Gasteiger partial charge < -0.3 is 11.1 Å². The second-order valence-corrected chi connectivity index (χ2v) is 6.74. The highest BCUT2D eigenvalue weighted by Crippen LogP contribution is 2.44. The monoisotopic (exact) mass is 368 g/mol. The molecule has 132 valence electrons. The molecule has 5 nitrogen and oxygen atoms in total. The van der Waals surface area contributed by atoms with Crippen LogP contribution in [0, 0.1) is 11.7 Å². The molecule has 3 rings (SSSR count). The van der Waals surface area contributed by atoms with Crippen molar-refractivity contribution in [3.63, 3.8) is 0 Å². The van der Waals surface area contributed by atoms with E-state index in [0.29, 0.717) is 0 Å². The average molecular weight is 368 g/mol. The van der Waals surface area contributed by atoms with E-state index in [1.165, 1.54) is 12.3 Å². The number of anilines is 1. The first-order valence-corrected chi connectivity index (χ1v) is 8.37. The summed E-state index contributed by atoms with van der Waals surface area (Å²) < 4.78 is 42.9. The molecule has 3 N–H and O–H groups in total. The third-order valence-electron chi connectivity index (χ3n) is 3.94. The van der Waals surface area contributed by atoms with E-state index in [1.54, 1.807) is 12.3 Å². The van der Waals surface area contributed by atoms with Crippen LogP contribution in [0.4, 0.5) is 18.9 Å². The van der Waals surface area contributed by atoms with Crippen LogP contribution in [0.5, 0.6) is 0 Å². The zero-order valence-electron chi connectivity index (χ0n) is 13.2. The molecule has 25 heavy (non-hydrogen) atoms. The summed E-state index contributed by atoms with van der Waals surface area (Å²) in [5, 5.41) is 4.36. The smallest absolute Gasteiger partial charge is 0.284 e. The van der Waals surface area contributed by atoms with E-state index in [-0.39, 0.29) is 22.1 Å². The number of benzene rings is 1. The summed E-state index contributed by atoms with van der Waals surface area (Å²) in [5.41, 5.74) is 5.55. The van der Waals surface area contributed by atoms with E-state index < -0.39 is 36.0 Å². The number of rotatable bonds is 3. The Morgan fingerprint density at radius 3 is 2.88 bits per heavy atom. The Bertz CT molecular complexity index is 823. The first-order chi connectivity index (χ1) is 11.8. The second kappa shape index (κ2) is 6.47. The van der Waals surface area contributed by atoms with Crippen LogP contribution >= 0.6 is 11.3 Å². The van der Waals surface area contributed by atoms with Crippen molar-refractivity contribution in [1.82, 2.24) is 4.98 Å². The number of nitrogens with zero attached hydrogens (tertiary/aromatic N) is 2. The van der Waals surface area contributed by atoms with Gasteiger partial charge in [-0.25, -0.2) is 18.2 Å². The highest BCUT2D eigenvalue weighted by atomic mass is 32.1. The van der Waals surface area contributed by atoms with Crippen molar-refractivity contribution in [2.24, 2.45) is 16.6 Å². The molecular weight excluding hydrogens is 353 g/mol. The summed E-state index contributed by atoms with van der Waals surface area (Å²) >= 11 is 1.13. The number of amides is 1. The van der Waals surface area contributed by atoms with Gasteiger partial charge in [0.2, 0.25) is 0 Å². The molecule has 0 saturated carbocycles. The quantitative estimate of drug-likeness (QED) is 0.868. The number of alkyl halides is 2. The van der Waals surface area contributed by atoms with Crippen molar-refractivity contribution < 1.29 is 18.0 Å². The fourth-order valence-corrected chi connectivity index (χ4v) is 3.17. The fourth-order valence-electron chi connectivity index (χ4n) is 2.64. The van der Waals surface area contributed by atoms with Gasteiger partial charge in [0.1, 0.15) is 11.9 Å². The Labute approximate surface area is 145 Å². The van der Waals surface area contributed by atoms with Crippen LogP contribution < -0.4 is 11.1 Å². The summed E-state index contributed by atoms with van der Waals surface area (Å²) in [4.78, 5) is 19.7. The molecule has 2 heterocycles. The van der Waals surface area contributed by atoms with Gasteiger partial charge in [-0.1, -0.05) is 6.92 Å². The number of hydrogen-bond donors (Lipinski definition) is 2. The first-order valence-electron chi connectivity index (χ1n) is 7.49. The normalized spacial score (nSPS) is 22.3. The Kier molecular flexibility index (Phi) is 4.51. The maximum atomic E-state index is 14.4. The van der Waals surface area contributed by atoms with Crippen LogP contribution in [0.1, 0.15) is 34.8 Å². The van der Waals surface area contributed by atoms with Crippen molar-refractivity contribution in [3.05, 3.63) is 46.2 Å². The van der Waals surface area contributed by atoms with Crippen molar-refractivity contribution in [3.8, 4) is 0 Å². The van der Waals surface area contributed by atoms with Crippen LogP contribution in [0.2, 0.25) is 0 Å². The molecule has 2 atom stereocenters. The average Bonchev–Trinajstić information content (AvgIpc) is 3.07. The number of nitrogens with two attached hydrogens (primary N) is 1. The van der Waals surface area contributed by atoms with Crippen LogP contribution in [0.25, 0.3) is 0 Å².